The minimum absolute atomic E-state index is 0.279. The molecule has 6 nitrogen and oxygen atoms in total. The van der Waals surface area contributed by atoms with Gasteiger partial charge in [-0.2, -0.15) is 5.10 Å². The molecule has 0 spiro atoms. The van der Waals surface area contributed by atoms with Crippen LogP contribution in [0.5, 0.6) is 0 Å². The number of H-pyrrole nitrogens is 1. The number of nitrogens with zero attached hydrogens (tertiary/aromatic N) is 1. The maximum absolute atomic E-state index is 11.6. The fraction of sp³-hybridized carbons (Fsp3) is 0. The number of urea groups is 1. The van der Waals surface area contributed by atoms with Gasteiger partial charge in [-0.3, -0.25) is 4.79 Å². The van der Waals surface area contributed by atoms with Gasteiger partial charge in [0.2, 0.25) is 0 Å². The second-order valence-electron chi connectivity index (χ2n) is 3.38. The molecule has 2 rings (SSSR count). The molecule has 17 heavy (non-hydrogen) atoms. The Morgan fingerprint density at radius 3 is 2.94 bits per heavy atom. The summed E-state index contributed by atoms with van der Waals surface area (Å²) in [5.74, 6) is 0. The molecule has 1 aromatic heterocycles. The second-order valence-corrected chi connectivity index (χ2v) is 3.38. The largest absolute Gasteiger partial charge is 0.350 e. The summed E-state index contributed by atoms with van der Waals surface area (Å²) in [6.45, 7) is 0. The third-order valence-corrected chi connectivity index (χ3v) is 2.16. The lowest BCUT2D eigenvalue weighted by Crippen LogP contribution is -2.25. The Bertz CT molecular complexity index is 645. The van der Waals surface area contributed by atoms with Crippen LogP contribution in [0, 0.1) is 0 Å². The number of carbonyl (C=O) groups is 1. The van der Waals surface area contributed by atoms with Crippen molar-refractivity contribution in [2.45, 2.75) is 0 Å². The summed E-state index contributed by atoms with van der Waals surface area (Å²) in [6, 6.07) is 8.27. The number of aromatic amines is 1. The van der Waals surface area contributed by atoms with Gasteiger partial charge in [0, 0.05) is 5.52 Å². The van der Waals surface area contributed by atoms with Crippen molar-refractivity contribution in [2.75, 3.05) is 0 Å². The van der Waals surface area contributed by atoms with E-state index in [9.17, 15) is 9.59 Å². The summed E-state index contributed by atoms with van der Waals surface area (Å²) < 4.78 is 0. The number of carbonyl (C=O) groups excluding carboxylic acids is 1. The van der Waals surface area contributed by atoms with E-state index in [4.69, 9.17) is 5.73 Å². The summed E-state index contributed by atoms with van der Waals surface area (Å²) in [6.07, 6.45) is 1.25. The maximum Gasteiger partial charge on any atom is 0.332 e. The van der Waals surface area contributed by atoms with Gasteiger partial charge in [-0.1, -0.05) is 18.2 Å². The molecular formula is C11H10N4O2. The number of nitrogens with two attached hydrogens (primary N) is 1. The topological polar surface area (TPSA) is 100 Å². The third-order valence-electron chi connectivity index (χ3n) is 2.16. The highest BCUT2D eigenvalue weighted by Gasteiger charge is 1.99. The lowest BCUT2D eigenvalue weighted by Gasteiger charge is -1.98. The lowest BCUT2D eigenvalue weighted by atomic mass is 10.2. The predicted octanol–water partition coefficient (Wildman–Crippen LogP) is 0.530. The van der Waals surface area contributed by atoms with Gasteiger partial charge in [-0.15, -0.1) is 0 Å². The Balaban J connectivity index is 2.41. The second kappa shape index (κ2) is 4.48. The number of nitrogens with one attached hydrogen (secondary N) is 2. The summed E-state index contributed by atoms with van der Waals surface area (Å²) in [4.78, 5) is 24.7. The Hall–Kier alpha value is -2.63. The van der Waals surface area contributed by atoms with Crippen LogP contribution in [0.15, 0.2) is 40.2 Å². The van der Waals surface area contributed by atoms with Crippen LogP contribution in [0.2, 0.25) is 0 Å². The van der Waals surface area contributed by atoms with Crippen molar-refractivity contribution in [3.63, 3.8) is 0 Å². The van der Waals surface area contributed by atoms with Crippen molar-refractivity contribution in [2.24, 2.45) is 10.8 Å². The molecule has 1 aromatic carbocycles. The van der Waals surface area contributed by atoms with E-state index < -0.39 is 6.03 Å². The summed E-state index contributed by atoms with van der Waals surface area (Å²) >= 11 is 0. The van der Waals surface area contributed by atoms with Crippen molar-refractivity contribution in [3.8, 4) is 0 Å². The van der Waals surface area contributed by atoms with Crippen molar-refractivity contribution >= 4 is 23.1 Å². The number of fused-ring (bicyclic) bond motifs is 1. The molecule has 0 radical (unpaired) electrons. The Labute approximate surface area is 96.1 Å². The monoisotopic (exact) mass is 230 g/mol. The first-order chi connectivity index (χ1) is 8.16. The van der Waals surface area contributed by atoms with E-state index in [1.54, 1.807) is 12.1 Å². The van der Waals surface area contributed by atoms with Crippen molar-refractivity contribution < 1.29 is 4.79 Å². The van der Waals surface area contributed by atoms with E-state index in [1.807, 2.05) is 23.6 Å². The smallest absolute Gasteiger partial charge is 0.332 e. The van der Waals surface area contributed by atoms with Crippen LogP contribution >= 0.6 is 0 Å². The van der Waals surface area contributed by atoms with E-state index in [1.165, 1.54) is 6.21 Å². The van der Waals surface area contributed by atoms with Gasteiger partial charge in [-0.05, 0) is 17.5 Å². The highest BCUT2D eigenvalue weighted by Crippen LogP contribution is 2.08. The number of benzene rings is 1. The fourth-order valence-corrected chi connectivity index (χ4v) is 1.43. The van der Waals surface area contributed by atoms with Crippen LogP contribution in [0.4, 0.5) is 4.79 Å². The Morgan fingerprint density at radius 2 is 2.18 bits per heavy atom. The molecule has 6 heteroatoms. The molecule has 0 saturated carbocycles. The van der Waals surface area contributed by atoms with Gasteiger partial charge in [0.05, 0.1) is 11.8 Å². The standard InChI is InChI=1S/C11H10N4O2/c12-11(17)15-13-6-8-5-7-3-1-2-4-9(7)14-10(8)16/h1-6H,(H,14,16)(H3,12,15,17)/b13-6+. The maximum atomic E-state index is 11.6. The molecule has 2 amide bonds. The van der Waals surface area contributed by atoms with E-state index in [0.29, 0.717) is 5.56 Å². The quantitative estimate of drug-likeness (QED) is 0.517. The number of primary amides is 1. The molecule has 0 fully saturated rings. The first kappa shape index (κ1) is 10.9. The molecule has 0 saturated heterocycles. The number of pyridine rings is 1. The lowest BCUT2D eigenvalue weighted by molar-refractivity contribution is 0.249. The molecule has 0 aliphatic heterocycles. The molecule has 0 unspecified atom stereocenters. The number of amides is 2. The highest BCUT2D eigenvalue weighted by molar-refractivity contribution is 5.88. The summed E-state index contributed by atoms with van der Waals surface area (Å²) in [5.41, 5.74) is 7.67. The Morgan fingerprint density at radius 1 is 1.41 bits per heavy atom. The SMILES string of the molecule is NC(=O)N/N=C/c1cc2ccccc2[nH]c1=O. The zero-order chi connectivity index (χ0) is 12.3. The third kappa shape index (κ3) is 2.49. The van der Waals surface area contributed by atoms with Gasteiger partial charge in [-0.25, -0.2) is 10.2 Å². The predicted molar refractivity (Wildman–Crippen MR) is 64.9 cm³/mol. The summed E-state index contributed by atoms with van der Waals surface area (Å²) in [7, 11) is 0. The molecule has 1 heterocycles. The number of aromatic nitrogens is 1. The van der Waals surface area contributed by atoms with Gasteiger partial charge < -0.3 is 10.7 Å². The van der Waals surface area contributed by atoms with Crippen LogP contribution in [0.3, 0.4) is 0 Å². The van der Waals surface area contributed by atoms with Crippen LogP contribution in [-0.4, -0.2) is 17.2 Å². The van der Waals surface area contributed by atoms with E-state index in [0.717, 1.165) is 10.9 Å². The van der Waals surface area contributed by atoms with Crippen LogP contribution in [-0.2, 0) is 0 Å². The average molecular weight is 230 g/mol. The van der Waals surface area contributed by atoms with Gasteiger partial charge in [0.1, 0.15) is 0 Å². The molecule has 4 N–H and O–H groups in total. The van der Waals surface area contributed by atoms with Crippen LogP contribution in [0.1, 0.15) is 5.56 Å². The molecule has 2 aromatic rings. The van der Waals surface area contributed by atoms with Crippen molar-refractivity contribution in [3.05, 3.63) is 46.2 Å². The number of para-hydroxylation sites is 1. The number of hydrazone groups is 1. The molecule has 0 aliphatic carbocycles. The Kier molecular flexibility index (Phi) is 2.87. The molecule has 0 atom stereocenters. The minimum Gasteiger partial charge on any atom is -0.350 e. The molecule has 86 valence electrons. The van der Waals surface area contributed by atoms with Crippen LogP contribution in [0.25, 0.3) is 10.9 Å². The number of rotatable bonds is 2. The minimum atomic E-state index is -0.779. The molecule has 0 bridgehead atoms. The normalized spacial score (nSPS) is 10.8. The molecular weight excluding hydrogens is 220 g/mol. The zero-order valence-corrected chi connectivity index (χ0v) is 8.81. The van der Waals surface area contributed by atoms with E-state index >= 15 is 0 Å². The number of hydrogen-bond donors (Lipinski definition) is 3. The van der Waals surface area contributed by atoms with Gasteiger partial charge >= 0.3 is 6.03 Å². The van der Waals surface area contributed by atoms with E-state index in [2.05, 4.69) is 10.1 Å². The van der Waals surface area contributed by atoms with Gasteiger partial charge in [0.15, 0.2) is 0 Å². The molecule has 0 aliphatic rings. The summed E-state index contributed by atoms with van der Waals surface area (Å²) in [5, 5.41) is 4.42. The van der Waals surface area contributed by atoms with Crippen LogP contribution < -0.4 is 16.7 Å². The fourth-order valence-electron chi connectivity index (χ4n) is 1.43. The van der Waals surface area contributed by atoms with Crippen molar-refractivity contribution in [1.82, 2.24) is 10.4 Å². The van der Waals surface area contributed by atoms with E-state index in [-0.39, 0.29) is 5.56 Å². The highest BCUT2D eigenvalue weighted by atomic mass is 16.2. The van der Waals surface area contributed by atoms with Crippen molar-refractivity contribution in [1.29, 1.82) is 0 Å². The zero-order valence-electron chi connectivity index (χ0n) is 8.81. The first-order valence-corrected chi connectivity index (χ1v) is 4.87. The van der Waals surface area contributed by atoms with Gasteiger partial charge in [0.25, 0.3) is 5.56 Å². The first-order valence-electron chi connectivity index (χ1n) is 4.87. The average Bonchev–Trinajstić information content (AvgIpc) is 2.29. The number of hydrogen-bond acceptors (Lipinski definition) is 3.